The Morgan fingerprint density at radius 3 is 2.42 bits per heavy atom. The summed E-state index contributed by atoms with van der Waals surface area (Å²) in [6.45, 7) is 2.88. The van der Waals surface area contributed by atoms with Crippen molar-refractivity contribution >= 4 is 35.0 Å². The van der Waals surface area contributed by atoms with Crippen LogP contribution in [0.1, 0.15) is 5.56 Å². The quantitative estimate of drug-likeness (QED) is 0.688. The van der Waals surface area contributed by atoms with Gasteiger partial charge in [-0.3, -0.25) is 4.79 Å². The van der Waals surface area contributed by atoms with E-state index in [1.807, 2.05) is 53.4 Å². The number of nitrogen functional groups attached to an aromatic ring is 1. The molecule has 0 atom stereocenters. The van der Waals surface area contributed by atoms with Gasteiger partial charge in [-0.05, 0) is 29.8 Å². The molecule has 0 bridgehead atoms. The second kappa shape index (κ2) is 7.41. The highest BCUT2D eigenvalue weighted by molar-refractivity contribution is 6.31. The van der Waals surface area contributed by atoms with Gasteiger partial charge in [-0.25, -0.2) is 0 Å². The third kappa shape index (κ3) is 3.89. The van der Waals surface area contributed by atoms with Crippen molar-refractivity contribution in [3.05, 3.63) is 65.2 Å². The van der Waals surface area contributed by atoms with Gasteiger partial charge in [0.25, 0.3) is 0 Å². The van der Waals surface area contributed by atoms with Gasteiger partial charge in [-0.15, -0.1) is 0 Å². The van der Waals surface area contributed by atoms with Crippen LogP contribution in [0.25, 0.3) is 6.08 Å². The topological polar surface area (TPSA) is 49.6 Å². The van der Waals surface area contributed by atoms with Crippen LogP contribution in [0.15, 0.2) is 54.6 Å². The van der Waals surface area contributed by atoms with Crippen LogP contribution in [0.3, 0.4) is 0 Å². The van der Waals surface area contributed by atoms with Crippen molar-refractivity contribution in [2.24, 2.45) is 0 Å². The number of halogens is 1. The second-order valence-electron chi connectivity index (χ2n) is 5.76. The zero-order chi connectivity index (χ0) is 16.9. The molecule has 3 rings (SSSR count). The lowest BCUT2D eigenvalue weighted by Crippen LogP contribution is -2.48. The summed E-state index contributed by atoms with van der Waals surface area (Å²) in [7, 11) is 0. The molecule has 1 amide bonds. The lowest BCUT2D eigenvalue weighted by molar-refractivity contribution is -0.126. The van der Waals surface area contributed by atoms with E-state index in [4.69, 9.17) is 17.3 Å². The first-order valence-electron chi connectivity index (χ1n) is 7.95. The average molecular weight is 342 g/mol. The normalized spacial score (nSPS) is 15.0. The van der Waals surface area contributed by atoms with Crippen LogP contribution in [0.4, 0.5) is 11.4 Å². The van der Waals surface area contributed by atoms with Crippen LogP contribution in [0, 0.1) is 0 Å². The van der Waals surface area contributed by atoms with Gasteiger partial charge in [-0.2, -0.15) is 0 Å². The molecule has 1 fully saturated rings. The summed E-state index contributed by atoms with van der Waals surface area (Å²) in [5.74, 6) is 0.0441. The first-order valence-corrected chi connectivity index (χ1v) is 8.33. The molecule has 0 radical (unpaired) electrons. The molecule has 2 aromatic carbocycles. The number of piperazine rings is 1. The molecule has 24 heavy (non-hydrogen) atoms. The smallest absolute Gasteiger partial charge is 0.246 e. The largest absolute Gasteiger partial charge is 0.397 e. The number of carbonyl (C=O) groups is 1. The summed E-state index contributed by atoms with van der Waals surface area (Å²) in [6.07, 6.45) is 3.49. The number of anilines is 2. The molecule has 0 aliphatic carbocycles. The molecule has 124 valence electrons. The van der Waals surface area contributed by atoms with E-state index in [1.165, 1.54) is 0 Å². The van der Waals surface area contributed by atoms with E-state index in [1.54, 1.807) is 12.1 Å². The molecule has 1 heterocycles. The fraction of sp³-hybridized carbons (Fsp3) is 0.211. The van der Waals surface area contributed by atoms with E-state index in [9.17, 15) is 4.79 Å². The lowest BCUT2D eigenvalue weighted by atomic mass is 10.2. The summed E-state index contributed by atoms with van der Waals surface area (Å²) >= 11 is 5.95. The van der Waals surface area contributed by atoms with Gasteiger partial charge in [0, 0.05) is 37.3 Å². The van der Waals surface area contributed by atoms with Gasteiger partial charge in [-0.1, -0.05) is 41.9 Å². The highest BCUT2D eigenvalue weighted by Crippen LogP contribution is 2.27. The van der Waals surface area contributed by atoms with Gasteiger partial charge < -0.3 is 15.5 Å². The minimum atomic E-state index is 0.0441. The first-order chi connectivity index (χ1) is 11.6. The lowest BCUT2D eigenvalue weighted by Gasteiger charge is -2.36. The van der Waals surface area contributed by atoms with E-state index < -0.39 is 0 Å². The summed E-state index contributed by atoms with van der Waals surface area (Å²) < 4.78 is 0. The highest BCUT2D eigenvalue weighted by Gasteiger charge is 2.21. The predicted molar refractivity (Wildman–Crippen MR) is 100 cm³/mol. The average Bonchev–Trinajstić information content (AvgIpc) is 2.61. The molecule has 1 aliphatic rings. The fourth-order valence-electron chi connectivity index (χ4n) is 2.82. The van der Waals surface area contributed by atoms with Crippen LogP contribution in [-0.4, -0.2) is 37.0 Å². The van der Waals surface area contributed by atoms with Gasteiger partial charge in [0.05, 0.1) is 11.4 Å². The number of nitrogens with zero attached hydrogens (tertiary/aromatic N) is 2. The summed E-state index contributed by atoms with van der Waals surface area (Å²) in [6, 6.07) is 15.4. The van der Waals surface area contributed by atoms with Crippen molar-refractivity contribution in [3.63, 3.8) is 0 Å². The van der Waals surface area contributed by atoms with Crippen molar-refractivity contribution in [1.82, 2.24) is 4.90 Å². The Kier molecular flexibility index (Phi) is 5.06. The Balaban J connectivity index is 1.58. The van der Waals surface area contributed by atoms with Gasteiger partial charge in [0.1, 0.15) is 0 Å². The van der Waals surface area contributed by atoms with E-state index in [0.29, 0.717) is 23.8 Å². The molecule has 4 nitrogen and oxygen atoms in total. The number of hydrogen-bond donors (Lipinski definition) is 1. The number of rotatable bonds is 3. The van der Waals surface area contributed by atoms with Gasteiger partial charge >= 0.3 is 0 Å². The number of benzene rings is 2. The number of amides is 1. The highest BCUT2D eigenvalue weighted by atomic mass is 35.5. The Morgan fingerprint density at radius 2 is 1.75 bits per heavy atom. The van der Waals surface area contributed by atoms with Crippen LogP contribution < -0.4 is 10.6 Å². The maximum Gasteiger partial charge on any atom is 0.246 e. The third-order valence-electron chi connectivity index (χ3n) is 4.14. The van der Waals surface area contributed by atoms with Crippen LogP contribution in [0.2, 0.25) is 5.02 Å². The van der Waals surface area contributed by atoms with Gasteiger partial charge in [0.15, 0.2) is 0 Å². The van der Waals surface area contributed by atoms with Crippen LogP contribution in [-0.2, 0) is 4.79 Å². The SMILES string of the molecule is Nc1cc(Cl)ccc1N1CCN(C(=O)C=Cc2ccccc2)CC1. The Bertz CT molecular complexity index is 738. The van der Waals surface area contributed by atoms with Crippen LogP contribution >= 0.6 is 11.6 Å². The second-order valence-corrected chi connectivity index (χ2v) is 6.20. The Morgan fingerprint density at radius 1 is 1.04 bits per heavy atom. The van der Waals surface area contributed by atoms with Gasteiger partial charge in [0.2, 0.25) is 5.91 Å². The Labute approximate surface area is 147 Å². The number of nitrogens with two attached hydrogens (primary N) is 1. The van der Waals surface area contributed by atoms with E-state index in [-0.39, 0.29) is 5.91 Å². The van der Waals surface area contributed by atoms with Crippen LogP contribution in [0.5, 0.6) is 0 Å². The number of hydrogen-bond acceptors (Lipinski definition) is 3. The molecule has 0 unspecified atom stereocenters. The van der Waals surface area contributed by atoms with Crippen molar-refractivity contribution < 1.29 is 4.79 Å². The molecule has 5 heteroatoms. The molecule has 0 spiro atoms. The summed E-state index contributed by atoms with van der Waals surface area (Å²) in [4.78, 5) is 16.4. The molecule has 1 aliphatic heterocycles. The first kappa shape index (κ1) is 16.4. The summed E-state index contributed by atoms with van der Waals surface area (Å²) in [5.41, 5.74) is 8.72. The minimum Gasteiger partial charge on any atom is -0.397 e. The molecular formula is C19H20ClN3O. The van der Waals surface area contributed by atoms with Crippen molar-refractivity contribution in [2.75, 3.05) is 36.8 Å². The van der Waals surface area contributed by atoms with Crippen molar-refractivity contribution in [1.29, 1.82) is 0 Å². The van der Waals surface area contributed by atoms with E-state index in [0.717, 1.165) is 24.3 Å². The third-order valence-corrected chi connectivity index (χ3v) is 4.37. The molecule has 0 saturated carbocycles. The molecule has 2 aromatic rings. The molecule has 2 N–H and O–H groups in total. The number of carbonyl (C=O) groups excluding carboxylic acids is 1. The maximum atomic E-state index is 12.3. The zero-order valence-corrected chi connectivity index (χ0v) is 14.1. The minimum absolute atomic E-state index is 0.0441. The zero-order valence-electron chi connectivity index (χ0n) is 13.4. The van der Waals surface area contributed by atoms with Crippen molar-refractivity contribution in [2.45, 2.75) is 0 Å². The van der Waals surface area contributed by atoms with E-state index in [2.05, 4.69) is 4.90 Å². The van der Waals surface area contributed by atoms with Crippen molar-refractivity contribution in [3.8, 4) is 0 Å². The standard InChI is InChI=1S/C19H20ClN3O/c20-16-7-8-18(17(21)14-16)22-10-12-23(13-11-22)19(24)9-6-15-4-2-1-3-5-15/h1-9,14H,10-13,21H2. The summed E-state index contributed by atoms with van der Waals surface area (Å²) in [5, 5.41) is 0.635. The fourth-order valence-corrected chi connectivity index (χ4v) is 3.00. The monoisotopic (exact) mass is 341 g/mol. The Hall–Kier alpha value is -2.46. The maximum absolute atomic E-state index is 12.3. The van der Waals surface area contributed by atoms with E-state index >= 15 is 0 Å². The molecule has 0 aromatic heterocycles. The predicted octanol–water partition coefficient (Wildman–Crippen LogP) is 3.28. The molecular weight excluding hydrogens is 322 g/mol. The molecule has 1 saturated heterocycles.